The zero-order chi connectivity index (χ0) is 13.9. The monoisotopic (exact) mass is 272 g/mol. The van der Waals surface area contributed by atoms with Crippen LogP contribution >= 0.6 is 0 Å². The molecule has 0 saturated carbocycles. The molecule has 1 atom stereocenters. The summed E-state index contributed by atoms with van der Waals surface area (Å²) in [6, 6.07) is 9.36. The van der Waals surface area contributed by atoms with Gasteiger partial charge in [-0.05, 0) is 18.9 Å². The number of ether oxygens (including phenoxy) is 2. The first-order valence-electron chi connectivity index (χ1n) is 6.64. The van der Waals surface area contributed by atoms with Gasteiger partial charge in [-0.3, -0.25) is 4.79 Å². The van der Waals surface area contributed by atoms with E-state index in [0.29, 0.717) is 18.2 Å². The zero-order valence-corrected chi connectivity index (χ0v) is 11.3. The first-order chi connectivity index (χ1) is 9.78. The van der Waals surface area contributed by atoms with E-state index < -0.39 is 0 Å². The molecule has 2 heterocycles. The lowest BCUT2D eigenvalue weighted by Gasteiger charge is -2.13. The predicted octanol–water partition coefficient (Wildman–Crippen LogP) is 2.36. The van der Waals surface area contributed by atoms with E-state index in [-0.39, 0.29) is 12.0 Å². The van der Waals surface area contributed by atoms with Crippen LogP contribution in [-0.2, 0) is 9.53 Å². The summed E-state index contributed by atoms with van der Waals surface area (Å²) in [5, 5.41) is 3.81. The molecule has 1 N–H and O–H groups in total. The fourth-order valence-corrected chi connectivity index (χ4v) is 2.36. The van der Waals surface area contributed by atoms with Gasteiger partial charge in [-0.25, -0.2) is 4.98 Å². The number of aromatic nitrogens is 1. The summed E-state index contributed by atoms with van der Waals surface area (Å²) in [6.45, 7) is 0.651. The number of carbonyl (C=O) groups is 1. The van der Waals surface area contributed by atoms with E-state index >= 15 is 0 Å². The van der Waals surface area contributed by atoms with Gasteiger partial charge in [0, 0.05) is 18.1 Å². The van der Waals surface area contributed by atoms with E-state index in [9.17, 15) is 4.79 Å². The number of para-hydroxylation sites is 1. The van der Waals surface area contributed by atoms with Crippen LogP contribution in [0.25, 0.3) is 10.9 Å². The molecule has 1 fully saturated rings. The van der Waals surface area contributed by atoms with E-state index in [4.69, 9.17) is 9.47 Å². The van der Waals surface area contributed by atoms with Crippen molar-refractivity contribution in [3.05, 3.63) is 30.3 Å². The molecule has 20 heavy (non-hydrogen) atoms. The number of rotatable bonds is 3. The highest BCUT2D eigenvalue weighted by Gasteiger charge is 2.24. The van der Waals surface area contributed by atoms with E-state index in [0.717, 1.165) is 23.7 Å². The molecule has 1 aliphatic rings. The number of benzene rings is 1. The van der Waals surface area contributed by atoms with Gasteiger partial charge < -0.3 is 14.8 Å². The molecule has 3 rings (SSSR count). The van der Waals surface area contributed by atoms with Crippen molar-refractivity contribution in [2.75, 3.05) is 19.0 Å². The summed E-state index contributed by atoms with van der Waals surface area (Å²) >= 11 is 0. The van der Waals surface area contributed by atoms with Crippen molar-refractivity contribution in [3.8, 4) is 5.88 Å². The maximum atomic E-state index is 12.2. The Morgan fingerprint density at radius 3 is 3.05 bits per heavy atom. The molecule has 5 nitrogen and oxygen atoms in total. The van der Waals surface area contributed by atoms with Crippen LogP contribution in [0.4, 0.5) is 5.69 Å². The van der Waals surface area contributed by atoms with Crippen molar-refractivity contribution in [1.82, 2.24) is 4.98 Å². The van der Waals surface area contributed by atoms with Gasteiger partial charge in [0.2, 0.25) is 5.88 Å². The van der Waals surface area contributed by atoms with Crippen LogP contribution in [0.5, 0.6) is 5.88 Å². The molecule has 1 saturated heterocycles. The van der Waals surface area contributed by atoms with E-state index in [1.807, 2.05) is 24.3 Å². The second kappa shape index (κ2) is 5.46. The normalized spacial score (nSPS) is 18.1. The number of anilines is 1. The van der Waals surface area contributed by atoms with Gasteiger partial charge in [-0.1, -0.05) is 18.2 Å². The first-order valence-corrected chi connectivity index (χ1v) is 6.64. The van der Waals surface area contributed by atoms with Crippen LogP contribution < -0.4 is 10.1 Å². The van der Waals surface area contributed by atoms with Crippen molar-refractivity contribution < 1.29 is 14.3 Å². The molecule has 1 aromatic carbocycles. The highest BCUT2D eigenvalue weighted by atomic mass is 16.5. The summed E-state index contributed by atoms with van der Waals surface area (Å²) in [4.78, 5) is 16.5. The third-order valence-corrected chi connectivity index (χ3v) is 3.38. The molecule has 0 unspecified atom stereocenters. The van der Waals surface area contributed by atoms with Crippen LogP contribution in [0.1, 0.15) is 12.8 Å². The molecule has 104 valence electrons. The third kappa shape index (κ3) is 2.44. The number of nitrogens with zero attached hydrogens (tertiary/aromatic N) is 1. The summed E-state index contributed by atoms with van der Waals surface area (Å²) in [7, 11) is 1.56. The van der Waals surface area contributed by atoms with E-state index in [2.05, 4.69) is 10.3 Å². The number of nitrogens with one attached hydrogen (secondary N) is 1. The average molecular weight is 272 g/mol. The Morgan fingerprint density at radius 1 is 1.45 bits per heavy atom. The number of fused-ring (bicyclic) bond motifs is 1. The van der Waals surface area contributed by atoms with Gasteiger partial charge in [0.25, 0.3) is 5.91 Å². The number of hydrogen-bond donors (Lipinski definition) is 1. The minimum atomic E-state index is -0.354. The largest absolute Gasteiger partial charge is 0.481 e. The second-order valence-electron chi connectivity index (χ2n) is 4.72. The van der Waals surface area contributed by atoms with Crippen LogP contribution in [0.15, 0.2) is 30.3 Å². The fourth-order valence-electron chi connectivity index (χ4n) is 2.36. The van der Waals surface area contributed by atoms with Crippen LogP contribution in [0.2, 0.25) is 0 Å². The Balaban J connectivity index is 1.94. The molecule has 1 aliphatic heterocycles. The van der Waals surface area contributed by atoms with Crippen molar-refractivity contribution in [2.24, 2.45) is 0 Å². The minimum Gasteiger partial charge on any atom is -0.481 e. The summed E-state index contributed by atoms with van der Waals surface area (Å²) in [5.41, 5.74) is 1.49. The summed E-state index contributed by atoms with van der Waals surface area (Å²) in [6.07, 6.45) is 1.35. The Morgan fingerprint density at radius 2 is 2.30 bits per heavy atom. The standard InChI is InChI=1S/C15H16N2O3/c1-19-14-9-12(10-5-2-3-6-11(10)16-14)17-15(18)13-7-4-8-20-13/h2-3,5-6,9,13H,4,7-8H2,1H3,(H,16,17,18)/t13-/m1/s1. The molecular formula is C15H16N2O3. The maximum Gasteiger partial charge on any atom is 0.253 e. The van der Waals surface area contributed by atoms with Crippen LogP contribution in [0, 0.1) is 0 Å². The molecule has 0 spiro atoms. The number of methoxy groups -OCH3 is 1. The van der Waals surface area contributed by atoms with Gasteiger partial charge in [-0.2, -0.15) is 0 Å². The predicted molar refractivity (Wildman–Crippen MR) is 75.9 cm³/mol. The maximum absolute atomic E-state index is 12.2. The molecule has 0 aliphatic carbocycles. The first kappa shape index (κ1) is 12.9. The molecule has 1 amide bonds. The highest BCUT2D eigenvalue weighted by molar-refractivity contribution is 6.02. The van der Waals surface area contributed by atoms with Crippen molar-refractivity contribution in [1.29, 1.82) is 0 Å². The van der Waals surface area contributed by atoms with E-state index in [1.165, 1.54) is 0 Å². The fraction of sp³-hybridized carbons (Fsp3) is 0.333. The number of pyridine rings is 1. The lowest BCUT2D eigenvalue weighted by atomic mass is 10.1. The van der Waals surface area contributed by atoms with Gasteiger partial charge in [-0.15, -0.1) is 0 Å². The van der Waals surface area contributed by atoms with Gasteiger partial charge >= 0.3 is 0 Å². The van der Waals surface area contributed by atoms with Gasteiger partial charge in [0.15, 0.2) is 0 Å². The molecule has 0 radical (unpaired) electrons. The van der Waals surface area contributed by atoms with Gasteiger partial charge in [0.05, 0.1) is 18.3 Å². The number of amides is 1. The summed E-state index contributed by atoms with van der Waals surface area (Å²) in [5.74, 6) is 0.368. The second-order valence-corrected chi connectivity index (χ2v) is 4.72. The smallest absolute Gasteiger partial charge is 0.253 e. The zero-order valence-electron chi connectivity index (χ0n) is 11.3. The highest BCUT2D eigenvalue weighted by Crippen LogP contribution is 2.27. The van der Waals surface area contributed by atoms with Crippen molar-refractivity contribution in [3.63, 3.8) is 0 Å². The van der Waals surface area contributed by atoms with Crippen LogP contribution in [-0.4, -0.2) is 30.7 Å². The van der Waals surface area contributed by atoms with Crippen LogP contribution in [0.3, 0.4) is 0 Å². The lowest BCUT2D eigenvalue weighted by molar-refractivity contribution is -0.124. The number of hydrogen-bond acceptors (Lipinski definition) is 4. The topological polar surface area (TPSA) is 60.5 Å². The molecular weight excluding hydrogens is 256 g/mol. The Bertz CT molecular complexity index is 636. The lowest BCUT2D eigenvalue weighted by Crippen LogP contribution is -2.27. The Kier molecular flexibility index (Phi) is 3.52. The Hall–Kier alpha value is -2.14. The minimum absolute atomic E-state index is 0.110. The Labute approximate surface area is 116 Å². The molecule has 1 aromatic heterocycles. The number of carbonyl (C=O) groups excluding carboxylic acids is 1. The van der Waals surface area contributed by atoms with Crippen molar-refractivity contribution in [2.45, 2.75) is 18.9 Å². The average Bonchev–Trinajstić information content (AvgIpc) is 3.01. The summed E-state index contributed by atoms with van der Waals surface area (Å²) < 4.78 is 10.6. The van der Waals surface area contributed by atoms with Crippen molar-refractivity contribution >= 4 is 22.5 Å². The third-order valence-electron chi connectivity index (χ3n) is 3.38. The SMILES string of the molecule is COc1cc(NC(=O)[C@H]2CCCO2)c2ccccc2n1. The molecule has 2 aromatic rings. The quantitative estimate of drug-likeness (QED) is 0.931. The molecule has 0 bridgehead atoms. The van der Waals surface area contributed by atoms with Gasteiger partial charge in [0.1, 0.15) is 6.10 Å². The van der Waals surface area contributed by atoms with E-state index in [1.54, 1.807) is 13.2 Å². The molecule has 5 heteroatoms.